The summed E-state index contributed by atoms with van der Waals surface area (Å²) in [6, 6.07) is 9.40. The van der Waals surface area contributed by atoms with Crippen LogP contribution in [0, 0.1) is 0 Å². The van der Waals surface area contributed by atoms with Crippen molar-refractivity contribution in [3.05, 3.63) is 35.9 Å². The molecule has 0 spiro atoms. The van der Waals surface area contributed by atoms with Gasteiger partial charge in [0, 0.05) is 18.5 Å². The molecule has 4 nitrogen and oxygen atoms in total. The van der Waals surface area contributed by atoms with E-state index >= 15 is 0 Å². The van der Waals surface area contributed by atoms with Crippen LogP contribution in [0.5, 0.6) is 0 Å². The van der Waals surface area contributed by atoms with Crippen molar-refractivity contribution in [2.45, 2.75) is 31.8 Å². The molecule has 2 atom stereocenters. The predicted molar refractivity (Wildman–Crippen MR) is 67.3 cm³/mol. The zero-order chi connectivity index (χ0) is 12.7. The van der Waals surface area contributed by atoms with Gasteiger partial charge in [-0.25, -0.2) is 0 Å². The SMILES string of the molecule is C[C@H](CO)NC(=O)CCC(N)c1ccccc1. The lowest BCUT2D eigenvalue weighted by Crippen LogP contribution is -2.35. The van der Waals surface area contributed by atoms with Gasteiger partial charge in [-0.1, -0.05) is 30.3 Å². The summed E-state index contributed by atoms with van der Waals surface area (Å²) >= 11 is 0. The highest BCUT2D eigenvalue weighted by atomic mass is 16.3. The van der Waals surface area contributed by atoms with Gasteiger partial charge >= 0.3 is 0 Å². The fourth-order valence-corrected chi connectivity index (χ4v) is 1.55. The van der Waals surface area contributed by atoms with Crippen molar-refractivity contribution >= 4 is 5.91 Å². The molecule has 1 aromatic carbocycles. The van der Waals surface area contributed by atoms with E-state index in [1.807, 2.05) is 30.3 Å². The highest BCUT2D eigenvalue weighted by molar-refractivity contribution is 5.76. The maximum absolute atomic E-state index is 11.5. The Balaban J connectivity index is 2.33. The molecule has 0 aromatic heterocycles. The van der Waals surface area contributed by atoms with Crippen molar-refractivity contribution in [2.24, 2.45) is 5.73 Å². The molecule has 4 N–H and O–H groups in total. The van der Waals surface area contributed by atoms with Gasteiger partial charge in [0.1, 0.15) is 0 Å². The third-order valence-electron chi connectivity index (χ3n) is 2.59. The average molecular weight is 236 g/mol. The summed E-state index contributed by atoms with van der Waals surface area (Å²) < 4.78 is 0. The van der Waals surface area contributed by atoms with Gasteiger partial charge in [-0.3, -0.25) is 4.79 Å². The van der Waals surface area contributed by atoms with Gasteiger partial charge in [-0.15, -0.1) is 0 Å². The first-order valence-corrected chi connectivity index (χ1v) is 5.84. The van der Waals surface area contributed by atoms with Gasteiger partial charge in [0.2, 0.25) is 5.91 Å². The van der Waals surface area contributed by atoms with Crippen LogP contribution in [0.2, 0.25) is 0 Å². The topological polar surface area (TPSA) is 75.3 Å². The summed E-state index contributed by atoms with van der Waals surface area (Å²) in [7, 11) is 0. The normalized spacial score (nSPS) is 14.1. The molecule has 0 radical (unpaired) electrons. The van der Waals surface area contributed by atoms with Crippen LogP contribution in [-0.2, 0) is 4.79 Å². The lowest BCUT2D eigenvalue weighted by Gasteiger charge is -2.14. The molecule has 0 saturated carbocycles. The summed E-state index contributed by atoms with van der Waals surface area (Å²) in [5.74, 6) is -0.0714. The second-order valence-corrected chi connectivity index (χ2v) is 4.21. The maximum Gasteiger partial charge on any atom is 0.220 e. The smallest absolute Gasteiger partial charge is 0.220 e. The quantitative estimate of drug-likeness (QED) is 0.688. The number of nitrogens with one attached hydrogen (secondary N) is 1. The van der Waals surface area contributed by atoms with E-state index < -0.39 is 0 Å². The van der Waals surface area contributed by atoms with Crippen LogP contribution in [0.4, 0.5) is 0 Å². The Labute approximate surface area is 102 Å². The first-order chi connectivity index (χ1) is 8.13. The number of hydrogen-bond donors (Lipinski definition) is 3. The number of carbonyl (C=O) groups excluding carboxylic acids is 1. The molecule has 0 bridgehead atoms. The van der Waals surface area contributed by atoms with Crippen molar-refractivity contribution in [3.8, 4) is 0 Å². The minimum absolute atomic E-state index is 0.0452. The predicted octanol–water partition coefficient (Wildman–Crippen LogP) is 0.964. The second kappa shape index (κ2) is 7.04. The van der Waals surface area contributed by atoms with Gasteiger partial charge < -0.3 is 16.2 Å². The molecular weight excluding hydrogens is 216 g/mol. The van der Waals surface area contributed by atoms with Gasteiger partial charge in [0.15, 0.2) is 0 Å². The van der Waals surface area contributed by atoms with Crippen molar-refractivity contribution in [1.82, 2.24) is 5.32 Å². The maximum atomic E-state index is 11.5. The van der Waals surface area contributed by atoms with E-state index in [1.54, 1.807) is 6.92 Å². The van der Waals surface area contributed by atoms with Crippen molar-refractivity contribution < 1.29 is 9.90 Å². The largest absolute Gasteiger partial charge is 0.394 e. The van der Waals surface area contributed by atoms with Crippen molar-refractivity contribution in [1.29, 1.82) is 0 Å². The molecule has 4 heteroatoms. The number of nitrogens with two attached hydrogens (primary N) is 1. The molecule has 0 aliphatic carbocycles. The first-order valence-electron chi connectivity index (χ1n) is 5.84. The van der Waals surface area contributed by atoms with Crippen LogP contribution in [0.15, 0.2) is 30.3 Å². The average Bonchev–Trinajstić information content (AvgIpc) is 2.36. The molecule has 0 fully saturated rings. The van der Waals surface area contributed by atoms with Crippen molar-refractivity contribution in [2.75, 3.05) is 6.61 Å². The summed E-state index contributed by atoms with van der Waals surface area (Å²) in [6.07, 6.45) is 0.981. The third kappa shape index (κ3) is 4.97. The molecule has 1 unspecified atom stereocenters. The number of aliphatic hydroxyl groups excluding tert-OH is 1. The zero-order valence-electron chi connectivity index (χ0n) is 10.1. The standard InChI is InChI=1S/C13H20N2O2/c1-10(9-16)15-13(17)8-7-12(14)11-5-3-2-4-6-11/h2-6,10,12,16H,7-9,14H2,1H3,(H,15,17)/t10-,12?/m1/s1. The lowest BCUT2D eigenvalue weighted by atomic mass is 10.0. The van der Waals surface area contributed by atoms with Crippen LogP contribution in [-0.4, -0.2) is 23.7 Å². The number of carbonyl (C=O) groups is 1. The number of rotatable bonds is 6. The van der Waals surface area contributed by atoms with Gasteiger partial charge in [0.25, 0.3) is 0 Å². The fraction of sp³-hybridized carbons (Fsp3) is 0.462. The van der Waals surface area contributed by atoms with Crippen LogP contribution in [0.3, 0.4) is 0 Å². The Morgan fingerprint density at radius 3 is 2.65 bits per heavy atom. The molecule has 1 aromatic rings. The van der Waals surface area contributed by atoms with Crippen LogP contribution < -0.4 is 11.1 Å². The molecule has 0 aliphatic rings. The molecule has 1 amide bonds. The minimum atomic E-state index is -0.199. The zero-order valence-corrected chi connectivity index (χ0v) is 10.1. The second-order valence-electron chi connectivity index (χ2n) is 4.21. The number of benzene rings is 1. The first kappa shape index (κ1) is 13.7. The van der Waals surface area contributed by atoms with E-state index in [-0.39, 0.29) is 24.6 Å². The monoisotopic (exact) mass is 236 g/mol. The van der Waals surface area contributed by atoms with E-state index in [0.29, 0.717) is 12.8 Å². The fourth-order valence-electron chi connectivity index (χ4n) is 1.55. The van der Waals surface area contributed by atoms with Crippen molar-refractivity contribution in [3.63, 3.8) is 0 Å². The molecular formula is C13H20N2O2. The number of amides is 1. The van der Waals surface area contributed by atoms with E-state index in [1.165, 1.54) is 0 Å². The molecule has 94 valence electrons. The van der Waals surface area contributed by atoms with Gasteiger partial charge in [-0.2, -0.15) is 0 Å². The highest BCUT2D eigenvalue weighted by Gasteiger charge is 2.10. The molecule has 0 aliphatic heterocycles. The highest BCUT2D eigenvalue weighted by Crippen LogP contribution is 2.14. The van der Waals surface area contributed by atoms with E-state index in [9.17, 15) is 4.79 Å². The third-order valence-corrected chi connectivity index (χ3v) is 2.59. The minimum Gasteiger partial charge on any atom is -0.394 e. The summed E-state index contributed by atoms with van der Waals surface area (Å²) in [4.78, 5) is 11.5. The van der Waals surface area contributed by atoms with Gasteiger partial charge in [-0.05, 0) is 18.9 Å². The van der Waals surface area contributed by atoms with Gasteiger partial charge in [0.05, 0.1) is 6.61 Å². The van der Waals surface area contributed by atoms with E-state index in [4.69, 9.17) is 10.8 Å². The van der Waals surface area contributed by atoms with Crippen LogP contribution in [0.1, 0.15) is 31.4 Å². The summed E-state index contributed by atoms with van der Waals surface area (Å²) in [5.41, 5.74) is 7.01. The molecule has 1 rings (SSSR count). The Bertz CT molecular complexity index is 341. The number of hydrogen-bond acceptors (Lipinski definition) is 3. The Morgan fingerprint density at radius 2 is 2.06 bits per heavy atom. The number of aliphatic hydroxyl groups is 1. The summed E-state index contributed by atoms with van der Waals surface area (Å²) in [5, 5.41) is 11.5. The Morgan fingerprint density at radius 1 is 1.41 bits per heavy atom. The lowest BCUT2D eigenvalue weighted by molar-refractivity contribution is -0.122. The molecule has 0 heterocycles. The van der Waals surface area contributed by atoms with Crippen LogP contribution >= 0.6 is 0 Å². The van der Waals surface area contributed by atoms with Crippen LogP contribution in [0.25, 0.3) is 0 Å². The summed E-state index contributed by atoms with van der Waals surface area (Å²) in [6.45, 7) is 1.71. The molecule has 17 heavy (non-hydrogen) atoms. The Hall–Kier alpha value is -1.39. The Kier molecular flexibility index (Phi) is 5.66. The molecule has 0 saturated heterocycles. The van der Waals surface area contributed by atoms with E-state index in [2.05, 4.69) is 5.32 Å². The van der Waals surface area contributed by atoms with E-state index in [0.717, 1.165) is 5.56 Å².